The van der Waals surface area contributed by atoms with Crippen LogP contribution < -0.4 is 26.1 Å². The second kappa shape index (κ2) is 11.5. The van der Waals surface area contributed by atoms with Crippen molar-refractivity contribution in [3.05, 3.63) is 57.4 Å². The molecule has 0 spiro atoms. The predicted octanol–water partition coefficient (Wildman–Crippen LogP) is 2.49. The van der Waals surface area contributed by atoms with Crippen LogP contribution in [0.3, 0.4) is 0 Å². The van der Waals surface area contributed by atoms with Gasteiger partial charge < -0.3 is 54.5 Å². The molecule has 0 radical (unpaired) electrons. The van der Waals surface area contributed by atoms with E-state index in [4.69, 9.17) is 33.8 Å². The summed E-state index contributed by atoms with van der Waals surface area (Å²) in [6, 6.07) is 7.52. The van der Waals surface area contributed by atoms with Crippen molar-refractivity contribution in [2.45, 2.75) is 82.9 Å². The van der Waals surface area contributed by atoms with Gasteiger partial charge in [0.25, 0.3) is 5.91 Å². The first-order valence-corrected chi connectivity index (χ1v) is 14.2. The van der Waals surface area contributed by atoms with Crippen molar-refractivity contribution >= 4 is 28.7 Å². The molecule has 0 saturated carbocycles. The zero-order valence-electron chi connectivity index (χ0n) is 25.6. The van der Waals surface area contributed by atoms with Crippen LogP contribution in [0.25, 0.3) is 11.0 Å². The van der Waals surface area contributed by atoms with Crippen LogP contribution in [0.5, 0.6) is 17.2 Å². The maximum absolute atomic E-state index is 13.1. The number of aromatic hydroxyl groups is 1. The first kappa shape index (κ1) is 32.0. The van der Waals surface area contributed by atoms with Crippen molar-refractivity contribution in [3.63, 3.8) is 0 Å². The van der Waals surface area contributed by atoms with Gasteiger partial charge in [-0.05, 0) is 70.5 Å². The quantitative estimate of drug-likeness (QED) is 0.249. The number of rotatable bonds is 6. The lowest BCUT2D eigenvalue weighted by Gasteiger charge is -2.47. The third-order valence-corrected chi connectivity index (χ3v) is 8.17. The van der Waals surface area contributed by atoms with E-state index in [1.807, 2.05) is 0 Å². The minimum atomic E-state index is -1.52. The average molecular weight is 629 g/mol. The van der Waals surface area contributed by atoms with Gasteiger partial charge in [0, 0.05) is 24.7 Å². The predicted molar refractivity (Wildman–Crippen MR) is 159 cm³/mol. The number of hydrogen-bond acceptors (Lipinski definition) is 12. The summed E-state index contributed by atoms with van der Waals surface area (Å²) in [5.41, 5.74) is 2.84. The van der Waals surface area contributed by atoms with E-state index in [0.717, 1.165) is 0 Å². The molecular weight excluding hydrogens is 592 g/mol. The van der Waals surface area contributed by atoms with Crippen LogP contribution in [0.15, 0.2) is 39.5 Å². The molecule has 0 aliphatic carbocycles. The van der Waals surface area contributed by atoms with Crippen LogP contribution in [0, 0.1) is 6.92 Å². The van der Waals surface area contributed by atoms with Crippen molar-refractivity contribution in [1.82, 2.24) is 0 Å². The van der Waals surface area contributed by atoms with Crippen LogP contribution in [-0.2, 0) is 20.6 Å². The highest BCUT2D eigenvalue weighted by molar-refractivity contribution is 6.06. The van der Waals surface area contributed by atoms with Gasteiger partial charge in [-0.1, -0.05) is 0 Å². The third kappa shape index (κ3) is 5.89. The Morgan fingerprint density at radius 2 is 1.80 bits per heavy atom. The lowest BCUT2D eigenvalue weighted by atomic mass is 9.89. The molecule has 0 bridgehead atoms. The minimum absolute atomic E-state index is 0.0419. The van der Waals surface area contributed by atoms with E-state index in [1.54, 1.807) is 46.8 Å². The Bertz CT molecular complexity index is 1710. The molecule has 14 nitrogen and oxygen atoms in total. The molecule has 2 aliphatic heterocycles. The molecule has 1 unspecified atom stereocenters. The Kier molecular flexibility index (Phi) is 8.21. The summed E-state index contributed by atoms with van der Waals surface area (Å²) in [5.74, 6) is -0.566. The second-order valence-electron chi connectivity index (χ2n) is 12.1. The number of aliphatic hydroxyl groups excluding tert-OH is 2. The number of nitrogens with two attached hydrogens (primary N) is 1. The number of methoxy groups -OCH3 is 1. The molecule has 5 atom stereocenters. The first-order chi connectivity index (χ1) is 21.0. The Labute approximate surface area is 257 Å². The van der Waals surface area contributed by atoms with Crippen LogP contribution in [0.2, 0.25) is 0 Å². The number of ether oxygens (including phenoxy) is 5. The number of aryl methyl sites for hydroxylation is 1. The Balaban J connectivity index is 1.41. The molecule has 242 valence electrons. The van der Waals surface area contributed by atoms with Crippen LogP contribution in [0.4, 0.5) is 10.5 Å². The number of benzene rings is 2. The monoisotopic (exact) mass is 628 g/mol. The van der Waals surface area contributed by atoms with E-state index in [0.29, 0.717) is 11.3 Å². The molecule has 1 aromatic heterocycles. The molecular formula is C31H36N2O12. The largest absolute Gasteiger partial charge is 0.505 e. The second-order valence-corrected chi connectivity index (χ2v) is 12.1. The Morgan fingerprint density at radius 3 is 2.47 bits per heavy atom. The van der Waals surface area contributed by atoms with E-state index in [2.05, 4.69) is 5.32 Å². The molecule has 2 aromatic carbocycles. The molecule has 1 saturated heterocycles. The van der Waals surface area contributed by atoms with Gasteiger partial charge in [-0.15, -0.1) is 0 Å². The van der Waals surface area contributed by atoms with Gasteiger partial charge in [0.2, 0.25) is 6.29 Å². The summed E-state index contributed by atoms with van der Waals surface area (Å²) >= 11 is 0. The van der Waals surface area contributed by atoms with Gasteiger partial charge in [-0.2, -0.15) is 0 Å². The highest BCUT2D eigenvalue weighted by atomic mass is 16.7. The third-order valence-electron chi connectivity index (χ3n) is 8.17. The fraction of sp³-hybridized carbons (Fsp3) is 0.452. The fourth-order valence-corrected chi connectivity index (χ4v) is 5.64. The fourth-order valence-electron chi connectivity index (χ4n) is 5.64. The zero-order chi connectivity index (χ0) is 33.0. The van der Waals surface area contributed by atoms with Crippen LogP contribution in [0.1, 0.15) is 49.2 Å². The molecule has 2 amide bonds. The number of primary amides is 1. The van der Waals surface area contributed by atoms with E-state index < -0.39 is 71.0 Å². The van der Waals surface area contributed by atoms with Crippen LogP contribution in [-0.4, -0.2) is 76.3 Å². The van der Waals surface area contributed by atoms with E-state index >= 15 is 0 Å². The van der Waals surface area contributed by atoms with E-state index in [9.17, 15) is 29.7 Å². The molecule has 45 heavy (non-hydrogen) atoms. The number of carbonyl (C=O) groups excluding carboxylic acids is 2. The summed E-state index contributed by atoms with van der Waals surface area (Å²) in [6.45, 7) is 8.40. The number of fused-ring (bicyclic) bond motifs is 2. The molecule has 14 heteroatoms. The standard InChI is InChI=1S/C31H36N2O12/c1-13-17(41-28-22(36)24(43-29(32)39)25(40-6)31(4,5)45-28)10-8-16-21(35)20(27(38)42-23(13)16)33-26(37)14-7-9-18-15(11-14)12-19(34)30(2,3)44-18/h7-11,19,22,24-25,28,34-36H,12H2,1-6H3,(H2,32,39)(H,33,37)/t19?,22-,24+,25-,28-/m1/s1. The topological polar surface area (TPSA) is 209 Å². The number of carbonyl (C=O) groups is 2. The Morgan fingerprint density at radius 1 is 1.09 bits per heavy atom. The number of aliphatic hydroxyl groups is 2. The first-order valence-electron chi connectivity index (χ1n) is 14.2. The van der Waals surface area contributed by atoms with Crippen molar-refractivity contribution in [2.24, 2.45) is 5.73 Å². The van der Waals surface area contributed by atoms with E-state index in [-0.39, 0.29) is 34.3 Å². The molecule has 3 heterocycles. The van der Waals surface area contributed by atoms with Crippen molar-refractivity contribution < 1.29 is 53.0 Å². The van der Waals surface area contributed by atoms with Gasteiger partial charge in [-0.25, -0.2) is 9.59 Å². The summed E-state index contributed by atoms with van der Waals surface area (Å²) in [4.78, 5) is 37.6. The van der Waals surface area contributed by atoms with Crippen LogP contribution >= 0.6 is 0 Å². The maximum Gasteiger partial charge on any atom is 0.404 e. The van der Waals surface area contributed by atoms with E-state index in [1.165, 1.54) is 25.3 Å². The molecule has 2 aliphatic rings. The van der Waals surface area contributed by atoms with Gasteiger partial charge >= 0.3 is 11.7 Å². The molecule has 5 rings (SSSR count). The van der Waals surface area contributed by atoms with Gasteiger partial charge in [0.05, 0.1) is 17.1 Å². The lowest BCUT2D eigenvalue weighted by Crippen LogP contribution is -2.65. The normalized spacial score (nSPS) is 25.1. The van der Waals surface area contributed by atoms with Crippen molar-refractivity contribution in [3.8, 4) is 17.2 Å². The minimum Gasteiger partial charge on any atom is -0.505 e. The summed E-state index contributed by atoms with van der Waals surface area (Å²) in [5, 5.41) is 34.9. The molecule has 6 N–H and O–H groups in total. The van der Waals surface area contributed by atoms with Gasteiger partial charge in [0.1, 0.15) is 28.8 Å². The number of hydrogen-bond donors (Lipinski definition) is 5. The van der Waals surface area contributed by atoms with Crippen molar-refractivity contribution in [1.29, 1.82) is 0 Å². The van der Waals surface area contributed by atoms with Crippen molar-refractivity contribution in [2.75, 3.05) is 12.4 Å². The summed E-state index contributed by atoms with van der Waals surface area (Å²) in [7, 11) is 1.37. The Hall–Kier alpha value is -4.37. The molecule has 1 fully saturated rings. The molecule has 3 aromatic rings. The lowest BCUT2D eigenvalue weighted by molar-refractivity contribution is -0.304. The summed E-state index contributed by atoms with van der Waals surface area (Å²) < 4.78 is 33.7. The number of amides is 2. The number of anilines is 1. The number of nitrogens with one attached hydrogen (secondary N) is 1. The van der Waals surface area contributed by atoms with Gasteiger partial charge in [-0.3, -0.25) is 4.79 Å². The van der Waals surface area contributed by atoms with Gasteiger partial charge in [0.15, 0.2) is 23.6 Å². The summed E-state index contributed by atoms with van der Waals surface area (Å²) in [6.07, 6.45) is -6.63. The highest BCUT2D eigenvalue weighted by Gasteiger charge is 2.53. The zero-order valence-corrected chi connectivity index (χ0v) is 25.6. The highest BCUT2D eigenvalue weighted by Crippen LogP contribution is 2.39. The maximum atomic E-state index is 13.1. The average Bonchev–Trinajstić information content (AvgIpc) is 2.95. The smallest absolute Gasteiger partial charge is 0.404 e. The SMILES string of the molecule is CO[C@@H]1[C@@H](OC(N)=O)[C@@H](O)[C@H](Oc2ccc3c(O)c(NC(=O)c4ccc5c(c4)CC(O)C(C)(C)O5)c(=O)oc3c2C)OC1(C)C.